The maximum absolute atomic E-state index is 12.3. The third-order valence-electron chi connectivity index (χ3n) is 3.26. The molecule has 4 nitrogen and oxygen atoms in total. The standard InChI is InChI=1S/C17H23BrO4/c1-4-7-9-13-10-8-11-14(12-13)17(18,15(19)21-5-2)16(20)22-6-3/h8,10-12H,4-7,9H2,1-3H3. The van der Waals surface area contributed by atoms with Crippen LogP contribution in [-0.2, 0) is 29.8 Å². The quantitative estimate of drug-likeness (QED) is 0.397. The van der Waals surface area contributed by atoms with Crippen molar-refractivity contribution in [2.75, 3.05) is 13.2 Å². The zero-order valence-corrected chi connectivity index (χ0v) is 14.9. The van der Waals surface area contributed by atoms with Gasteiger partial charge in [-0.2, -0.15) is 0 Å². The molecule has 0 atom stereocenters. The van der Waals surface area contributed by atoms with E-state index in [9.17, 15) is 9.59 Å². The Morgan fingerprint density at radius 2 is 1.68 bits per heavy atom. The van der Waals surface area contributed by atoms with Crippen molar-refractivity contribution in [3.8, 4) is 0 Å². The van der Waals surface area contributed by atoms with Crippen LogP contribution in [0.4, 0.5) is 0 Å². The highest BCUT2D eigenvalue weighted by molar-refractivity contribution is 9.10. The van der Waals surface area contributed by atoms with Crippen LogP contribution in [0.2, 0.25) is 0 Å². The van der Waals surface area contributed by atoms with Crippen LogP contribution in [-0.4, -0.2) is 25.2 Å². The number of esters is 2. The number of alkyl halides is 1. The van der Waals surface area contributed by atoms with Gasteiger partial charge >= 0.3 is 11.9 Å². The molecular formula is C17H23BrO4. The molecular weight excluding hydrogens is 348 g/mol. The van der Waals surface area contributed by atoms with Crippen LogP contribution < -0.4 is 0 Å². The molecule has 122 valence electrons. The minimum atomic E-state index is -1.61. The van der Waals surface area contributed by atoms with E-state index >= 15 is 0 Å². The molecule has 0 fully saturated rings. The van der Waals surface area contributed by atoms with Gasteiger partial charge in [-0.3, -0.25) is 0 Å². The Kier molecular flexibility index (Phi) is 7.59. The highest BCUT2D eigenvalue weighted by Gasteiger charge is 2.48. The Labute approximate surface area is 140 Å². The molecule has 0 bridgehead atoms. The van der Waals surface area contributed by atoms with E-state index in [4.69, 9.17) is 9.47 Å². The van der Waals surface area contributed by atoms with Crippen molar-refractivity contribution in [1.82, 2.24) is 0 Å². The summed E-state index contributed by atoms with van der Waals surface area (Å²) in [6, 6.07) is 7.42. The summed E-state index contributed by atoms with van der Waals surface area (Å²) >= 11 is 3.28. The lowest BCUT2D eigenvalue weighted by Crippen LogP contribution is -2.41. The molecule has 0 saturated carbocycles. The third kappa shape index (κ3) is 4.32. The number of aryl methyl sites for hydroxylation is 1. The molecule has 0 unspecified atom stereocenters. The van der Waals surface area contributed by atoms with Crippen LogP contribution >= 0.6 is 15.9 Å². The smallest absolute Gasteiger partial charge is 0.339 e. The molecule has 0 aliphatic rings. The minimum absolute atomic E-state index is 0.196. The van der Waals surface area contributed by atoms with Crippen LogP contribution in [0.5, 0.6) is 0 Å². The third-order valence-corrected chi connectivity index (χ3v) is 4.36. The second-order valence-electron chi connectivity index (χ2n) is 4.90. The van der Waals surface area contributed by atoms with Crippen LogP contribution in [0.1, 0.15) is 44.7 Å². The molecule has 0 aliphatic heterocycles. The molecule has 1 aromatic carbocycles. The summed E-state index contributed by atoms with van der Waals surface area (Å²) in [6.07, 6.45) is 3.04. The Bertz CT molecular complexity index is 495. The number of ether oxygens (including phenoxy) is 2. The number of halogens is 1. The predicted molar refractivity (Wildman–Crippen MR) is 88.9 cm³/mol. The van der Waals surface area contributed by atoms with Crippen LogP contribution in [0, 0.1) is 0 Å². The molecule has 0 amide bonds. The molecule has 1 aromatic rings. The first kappa shape index (κ1) is 18.7. The van der Waals surface area contributed by atoms with Crippen molar-refractivity contribution in [3.63, 3.8) is 0 Å². The van der Waals surface area contributed by atoms with Gasteiger partial charge < -0.3 is 9.47 Å². The van der Waals surface area contributed by atoms with Gasteiger partial charge in [0.2, 0.25) is 4.32 Å². The number of rotatable bonds is 8. The van der Waals surface area contributed by atoms with Gasteiger partial charge in [0.05, 0.1) is 13.2 Å². The average Bonchev–Trinajstić information content (AvgIpc) is 2.52. The number of hydrogen-bond acceptors (Lipinski definition) is 4. The van der Waals surface area contributed by atoms with Gasteiger partial charge in [0.25, 0.3) is 0 Å². The first-order valence-electron chi connectivity index (χ1n) is 7.63. The number of carbonyl (C=O) groups excluding carboxylic acids is 2. The van der Waals surface area contributed by atoms with E-state index in [1.807, 2.05) is 18.2 Å². The molecule has 0 N–H and O–H groups in total. The average molecular weight is 371 g/mol. The summed E-state index contributed by atoms with van der Waals surface area (Å²) in [6.45, 7) is 5.92. The van der Waals surface area contributed by atoms with Crippen LogP contribution in [0.15, 0.2) is 24.3 Å². The second-order valence-corrected chi connectivity index (χ2v) is 6.09. The summed E-state index contributed by atoms with van der Waals surface area (Å²) in [4.78, 5) is 24.7. The monoisotopic (exact) mass is 370 g/mol. The Hall–Kier alpha value is -1.36. The lowest BCUT2D eigenvalue weighted by molar-refractivity contribution is -0.158. The number of hydrogen-bond donors (Lipinski definition) is 0. The van der Waals surface area contributed by atoms with E-state index in [0.29, 0.717) is 5.56 Å². The lowest BCUT2D eigenvalue weighted by Gasteiger charge is -2.24. The van der Waals surface area contributed by atoms with Gasteiger partial charge in [0.15, 0.2) is 0 Å². The zero-order valence-electron chi connectivity index (χ0n) is 13.4. The molecule has 0 spiro atoms. The van der Waals surface area contributed by atoms with Gasteiger partial charge in [-0.1, -0.05) is 53.5 Å². The molecule has 22 heavy (non-hydrogen) atoms. The summed E-state index contributed by atoms with van der Waals surface area (Å²) < 4.78 is 8.52. The van der Waals surface area contributed by atoms with Crippen LogP contribution in [0.25, 0.3) is 0 Å². The van der Waals surface area contributed by atoms with Crippen molar-refractivity contribution in [2.45, 2.75) is 44.4 Å². The molecule has 0 aliphatic carbocycles. The van der Waals surface area contributed by atoms with E-state index in [1.165, 1.54) is 0 Å². The van der Waals surface area contributed by atoms with E-state index in [2.05, 4.69) is 22.9 Å². The Morgan fingerprint density at radius 1 is 1.09 bits per heavy atom. The van der Waals surface area contributed by atoms with Crippen molar-refractivity contribution in [2.24, 2.45) is 0 Å². The first-order chi connectivity index (χ1) is 10.5. The topological polar surface area (TPSA) is 52.6 Å². The van der Waals surface area contributed by atoms with Gasteiger partial charge in [-0.25, -0.2) is 9.59 Å². The van der Waals surface area contributed by atoms with Crippen molar-refractivity contribution >= 4 is 27.9 Å². The van der Waals surface area contributed by atoms with Gasteiger partial charge in [0.1, 0.15) is 0 Å². The highest BCUT2D eigenvalue weighted by Crippen LogP contribution is 2.35. The fourth-order valence-electron chi connectivity index (χ4n) is 2.10. The summed E-state index contributed by atoms with van der Waals surface area (Å²) in [7, 11) is 0. The number of benzene rings is 1. The van der Waals surface area contributed by atoms with Gasteiger partial charge in [-0.15, -0.1) is 0 Å². The largest absolute Gasteiger partial charge is 0.464 e. The fraction of sp³-hybridized carbons (Fsp3) is 0.529. The van der Waals surface area contributed by atoms with Gasteiger partial charge in [0, 0.05) is 0 Å². The molecule has 0 aromatic heterocycles. The fourth-order valence-corrected chi connectivity index (χ4v) is 2.58. The predicted octanol–water partition coefficient (Wildman–Crippen LogP) is 3.75. The van der Waals surface area contributed by atoms with Crippen LogP contribution in [0.3, 0.4) is 0 Å². The lowest BCUT2D eigenvalue weighted by atomic mass is 9.95. The molecule has 1 rings (SSSR count). The van der Waals surface area contributed by atoms with Crippen molar-refractivity contribution < 1.29 is 19.1 Å². The zero-order chi connectivity index (χ0) is 16.6. The van der Waals surface area contributed by atoms with E-state index in [-0.39, 0.29) is 13.2 Å². The summed E-state index contributed by atoms with van der Waals surface area (Å²) in [5.74, 6) is -1.30. The SMILES string of the molecule is CCCCc1cccc(C(Br)(C(=O)OCC)C(=O)OCC)c1. The molecule has 0 saturated heterocycles. The van der Waals surface area contributed by atoms with Gasteiger partial charge in [-0.05, 0) is 37.8 Å². The molecule has 0 radical (unpaired) electrons. The second kappa shape index (κ2) is 8.93. The maximum Gasteiger partial charge on any atom is 0.339 e. The minimum Gasteiger partial charge on any atom is -0.464 e. The number of unbranched alkanes of at least 4 members (excludes halogenated alkanes) is 1. The Balaban J connectivity index is 3.20. The maximum atomic E-state index is 12.3. The van der Waals surface area contributed by atoms with Crippen molar-refractivity contribution in [3.05, 3.63) is 35.4 Å². The molecule has 0 heterocycles. The Morgan fingerprint density at radius 3 is 2.18 bits per heavy atom. The summed E-state index contributed by atoms with van der Waals surface area (Å²) in [5, 5.41) is 0. The number of carbonyl (C=O) groups is 2. The normalized spacial score (nSPS) is 11.1. The van der Waals surface area contributed by atoms with E-state index in [1.54, 1.807) is 19.9 Å². The van der Waals surface area contributed by atoms with E-state index in [0.717, 1.165) is 24.8 Å². The molecule has 5 heteroatoms. The first-order valence-corrected chi connectivity index (χ1v) is 8.42. The van der Waals surface area contributed by atoms with Crippen molar-refractivity contribution in [1.29, 1.82) is 0 Å². The van der Waals surface area contributed by atoms with E-state index < -0.39 is 16.3 Å². The highest BCUT2D eigenvalue weighted by atomic mass is 79.9. The summed E-state index contributed by atoms with van der Waals surface area (Å²) in [5.41, 5.74) is 1.62.